The Balaban J connectivity index is 2.07. The predicted molar refractivity (Wildman–Crippen MR) is 72.9 cm³/mol. The van der Waals surface area contributed by atoms with Gasteiger partial charge in [0.2, 0.25) is 5.28 Å². The molecule has 0 amide bonds. The van der Waals surface area contributed by atoms with E-state index in [9.17, 15) is 10.2 Å². The van der Waals surface area contributed by atoms with Crippen LogP contribution in [-0.2, 0) is 4.74 Å². The van der Waals surface area contributed by atoms with Crippen molar-refractivity contribution in [3.8, 4) is 0 Å². The number of halogens is 1. The van der Waals surface area contributed by atoms with Crippen molar-refractivity contribution in [2.75, 3.05) is 19.0 Å². The summed E-state index contributed by atoms with van der Waals surface area (Å²) in [6, 6.07) is 0. The number of hydrogen-bond donors (Lipinski definition) is 4. The topological polar surface area (TPSA) is 126 Å². The van der Waals surface area contributed by atoms with E-state index in [-0.39, 0.29) is 5.28 Å². The maximum Gasteiger partial charge on any atom is 0.226 e. The molecule has 1 saturated heterocycles. The van der Waals surface area contributed by atoms with Gasteiger partial charge in [-0.3, -0.25) is 4.57 Å². The van der Waals surface area contributed by atoms with E-state index in [1.807, 2.05) is 0 Å². The molecule has 114 valence electrons. The minimum Gasteiger partial charge on any atom is -0.394 e. The van der Waals surface area contributed by atoms with Crippen LogP contribution in [0.25, 0.3) is 11.2 Å². The average molecular weight is 316 g/mol. The molecule has 2 aromatic rings. The van der Waals surface area contributed by atoms with E-state index in [2.05, 4.69) is 20.3 Å². The number of anilines is 1. The molecule has 10 heteroatoms. The van der Waals surface area contributed by atoms with Crippen LogP contribution in [0.4, 0.5) is 5.82 Å². The van der Waals surface area contributed by atoms with Gasteiger partial charge in [-0.25, -0.2) is 4.98 Å². The summed E-state index contributed by atoms with van der Waals surface area (Å²) in [4.78, 5) is 12.2. The number of nitrogens with one attached hydrogen (secondary N) is 1. The molecule has 3 rings (SSSR count). The number of nitrogens with zero attached hydrogens (tertiary/aromatic N) is 4. The molecule has 0 bridgehead atoms. The van der Waals surface area contributed by atoms with Gasteiger partial charge in [-0.2, -0.15) is 9.97 Å². The van der Waals surface area contributed by atoms with Crippen LogP contribution in [-0.4, -0.2) is 66.8 Å². The third-order valence-corrected chi connectivity index (χ3v) is 3.59. The van der Waals surface area contributed by atoms with Crippen molar-refractivity contribution in [3.05, 3.63) is 11.6 Å². The minimum atomic E-state index is -1.22. The molecule has 4 atom stereocenters. The Kier molecular flexibility index (Phi) is 3.68. The van der Waals surface area contributed by atoms with Crippen molar-refractivity contribution >= 4 is 28.6 Å². The first-order valence-corrected chi connectivity index (χ1v) is 6.65. The maximum absolute atomic E-state index is 10.1. The number of aliphatic hydroxyl groups is 3. The first kappa shape index (κ1) is 14.4. The van der Waals surface area contributed by atoms with E-state index in [1.165, 1.54) is 10.9 Å². The van der Waals surface area contributed by atoms with Gasteiger partial charge >= 0.3 is 0 Å². The molecular formula is C11H14ClN5O4. The Hall–Kier alpha value is -1.52. The zero-order chi connectivity index (χ0) is 15.1. The number of aliphatic hydroxyl groups excluding tert-OH is 3. The number of ether oxygens (including phenoxy) is 1. The lowest BCUT2D eigenvalue weighted by Gasteiger charge is -2.16. The second-order valence-corrected chi connectivity index (χ2v) is 4.98. The van der Waals surface area contributed by atoms with Crippen molar-refractivity contribution in [1.29, 1.82) is 0 Å². The first-order valence-electron chi connectivity index (χ1n) is 6.27. The van der Waals surface area contributed by atoms with Gasteiger partial charge in [0.05, 0.1) is 12.9 Å². The highest BCUT2D eigenvalue weighted by Gasteiger charge is 2.44. The molecule has 0 radical (unpaired) electrons. The van der Waals surface area contributed by atoms with Gasteiger partial charge in [-0.1, -0.05) is 0 Å². The second-order valence-electron chi connectivity index (χ2n) is 4.64. The SMILES string of the molecule is CNc1nc(Cl)nc2c1ncn2[C@@H]1O[C@H](CO)[C@@H](O)[C@H]1O. The Morgan fingerprint density at radius 2 is 2.14 bits per heavy atom. The van der Waals surface area contributed by atoms with Crippen molar-refractivity contribution in [3.63, 3.8) is 0 Å². The highest BCUT2D eigenvalue weighted by molar-refractivity contribution is 6.28. The van der Waals surface area contributed by atoms with Gasteiger partial charge < -0.3 is 25.4 Å². The molecule has 1 aliphatic heterocycles. The fourth-order valence-corrected chi connectivity index (χ4v) is 2.52. The summed E-state index contributed by atoms with van der Waals surface area (Å²) in [5, 5.41) is 31.9. The average Bonchev–Trinajstić information content (AvgIpc) is 3.01. The van der Waals surface area contributed by atoms with E-state index in [1.54, 1.807) is 7.05 Å². The second kappa shape index (κ2) is 5.35. The standard InChI is InChI=1S/C11H14ClN5O4/c1-13-8-5-9(16-11(12)15-8)17(3-14-5)10-7(20)6(19)4(2-18)21-10/h3-4,6-7,10,18-20H,2H2,1H3,(H,13,15,16)/t4-,6-,7-,10-/m1/s1. The Bertz CT molecular complexity index is 665. The molecule has 1 fully saturated rings. The molecule has 9 nitrogen and oxygen atoms in total. The van der Waals surface area contributed by atoms with Crippen LogP contribution in [0.2, 0.25) is 5.28 Å². The number of aromatic nitrogens is 4. The monoisotopic (exact) mass is 315 g/mol. The summed E-state index contributed by atoms with van der Waals surface area (Å²) in [6.07, 6.45) is -2.79. The lowest BCUT2D eigenvalue weighted by atomic mass is 10.1. The summed E-state index contributed by atoms with van der Waals surface area (Å²) < 4.78 is 6.90. The van der Waals surface area contributed by atoms with Crippen molar-refractivity contribution in [1.82, 2.24) is 19.5 Å². The Morgan fingerprint density at radius 1 is 1.38 bits per heavy atom. The van der Waals surface area contributed by atoms with Crippen LogP contribution in [0.15, 0.2) is 6.33 Å². The molecule has 0 unspecified atom stereocenters. The molecule has 21 heavy (non-hydrogen) atoms. The number of fused-ring (bicyclic) bond motifs is 1. The zero-order valence-corrected chi connectivity index (χ0v) is 11.8. The molecule has 0 aliphatic carbocycles. The van der Waals surface area contributed by atoms with Crippen LogP contribution in [0.5, 0.6) is 0 Å². The van der Waals surface area contributed by atoms with Gasteiger partial charge in [0.1, 0.15) is 18.3 Å². The fourth-order valence-electron chi connectivity index (χ4n) is 2.36. The van der Waals surface area contributed by atoms with Gasteiger partial charge in [-0.15, -0.1) is 0 Å². The molecule has 0 spiro atoms. The van der Waals surface area contributed by atoms with Crippen molar-refractivity contribution in [2.24, 2.45) is 0 Å². The molecule has 1 aliphatic rings. The minimum absolute atomic E-state index is 0.0142. The van der Waals surface area contributed by atoms with Crippen molar-refractivity contribution < 1.29 is 20.1 Å². The summed E-state index contributed by atoms with van der Waals surface area (Å²) in [7, 11) is 1.67. The fraction of sp³-hybridized carbons (Fsp3) is 0.545. The third kappa shape index (κ3) is 2.23. The van der Waals surface area contributed by atoms with E-state index in [0.29, 0.717) is 17.0 Å². The van der Waals surface area contributed by atoms with E-state index in [0.717, 1.165) is 0 Å². The van der Waals surface area contributed by atoms with Crippen LogP contribution in [0, 0.1) is 0 Å². The predicted octanol–water partition coefficient (Wildman–Crippen LogP) is -0.867. The molecule has 4 N–H and O–H groups in total. The van der Waals surface area contributed by atoms with Crippen LogP contribution in [0.1, 0.15) is 6.23 Å². The number of rotatable bonds is 3. The first-order chi connectivity index (χ1) is 10.1. The molecule has 2 aromatic heterocycles. The maximum atomic E-state index is 10.1. The van der Waals surface area contributed by atoms with Crippen LogP contribution >= 0.6 is 11.6 Å². The van der Waals surface area contributed by atoms with Crippen LogP contribution < -0.4 is 5.32 Å². The smallest absolute Gasteiger partial charge is 0.226 e. The quantitative estimate of drug-likeness (QED) is 0.539. The Morgan fingerprint density at radius 3 is 2.76 bits per heavy atom. The van der Waals surface area contributed by atoms with Gasteiger partial charge in [0.25, 0.3) is 0 Å². The lowest BCUT2D eigenvalue weighted by Crippen LogP contribution is -2.33. The lowest BCUT2D eigenvalue weighted by molar-refractivity contribution is -0.0511. The highest BCUT2D eigenvalue weighted by Crippen LogP contribution is 2.32. The van der Waals surface area contributed by atoms with Crippen LogP contribution in [0.3, 0.4) is 0 Å². The molecule has 0 saturated carbocycles. The molecule has 0 aromatic carbocycles. The highest BCUT2D eigenvalue weighted by atomic mass is 35.5. The summed E-state index contributed by atoms with van der Waals surface area (Å²) in [6.45, 7) is -0.404. The molecular weight excluding hydrogens is 302 g/mol. The number of imidazole rings is 1. The summed E-state index contributed by atoms with van der Waals surface area (Å²) in [5.41, 5.74) is 0.814. The summed E-state index contributed by atoms with van der Waals surface area (Å²) in [5.74, 6) is 0.440. The van der Waals surface area contributed by atoms with Gasteiger partial charge in [0.15, 0.2) is 23.2 Å². The molecule has 3 heterocycles. The Labute approximate surface area is 124 Å². The van der Waals surface area contributed by atoms with Crippen molar-refractivity contribution in [2.45, 2.75) is 24.5 Å². The summed E-state index contributed by atoms with van der Waals surface area (Å²) >= 11 is 5.86. The third-order valence-electron chi connectivity index (χ3n) is 3.42. The van der Waals surface area contributed by atoms with E-state index < -0.39 is 31.1 Å². The zero-order valence-electron chi connectivity index (χ0n) is 11.0. The number of hydrogen-bond acceptors (Lipinski definition) is 8. The van der Waals surface area contributed by atoms with Gasteiger partial charge in [0, 0.05) is 7.05 Å². The van der Waals surface area contributed by atoms with E-state index >= 15 is 0 Å². The largest absolute Gasteiger partial charge is 0.394 e. The normalized spacial score (nSPS) is 29.2. The van der Waals surface area contributed by atoms with Gasteiger partial charge in [-0.05, 0) is 11.6 Å². The van der Waals surface area contributed by atoms with E-state index in [4.69, 9.17) is 21.4 Å².